The molecule has 2 N–H and O–H groups in total. The molecule has 1 unspecified atom stereocenters. The second-order valence-electron chi connectivity index (χ2n) is 9.63. The van der Waals surface area contributed by atoms with Crippen LogP contribution in [0.4, 0.5) is 0 Å². The first-order valence-corrected chi connectivity index (χ1v) is 14.2. The Kier molecular flexibility index (Phi) is 24.7. The van der Waals surface area contributed by atoms with E-state index in [0.29, 0.717) is 13.2 Å². The fourth-order valence-electron chi connectivity index (χ4n) is 4.14. The van der Waals surface area contributed by atoms with Crippen molar-refractivity contribution < 1.29 is 19.4 Å². The van der Waals surface area contributed by atoms with Crippen LogP contribution in [0.15, 0.2) is 0 Å². The summed E-state index contributed by atoms with van der Waals surface area (Å²) < 4.78 is 5.26. The second-order valence-corrected chi connectivity index (χ2v) is 9.63. The van der Waals surface area contributed by atoms with E-state index in [2.05, 4.69) is 19.2 Å². The van der Waals surface area contributed by atoms with Gasteiger partial charge in [0, 0.05) is 0 Å². The van der Waals surface area contributed by atoms with Gasteiger partial charge in [-0.15, -0.1) is 0 Å². The SMILES string of the molecule is CCCCCCCCCCCCCOC(=O)CC(NCCCCCCCCCCC)C(=O)O. The minimum Gasteiger partial charge on any atom is -0.480 e. The summed E-state index contributed by atoms with van der Waals surface area (Å²) in [5, 5.41) is 12.4. The molecule has 0 aromatic heterocycles. The lowest BCUT2D eigenvalue weighted by Crippen LogP contribution is -2.39. The van der Waals surface area contributed by atoms with Gasteiger partial charge in [-0.1, -0.05) is 129 Å². The highest BCUT2D eigenvalue weighted by Gasteiger charge is 2.21. The van der Waals surface area contributed by atoms with Gasteiger partial charge in [0.2, 0.25) is 0 Å². The number of ether oxygens (including phenoxy) is 1. The van der Waals surface area contributed by atoms with Crippen LogP contribution in [0, 0.1) is 0 Å². The molecule has 0 spiro atoms. The lowest BCUT2D eigenvalue weighted by molar-refractivity contribution is -0.149. The Bertz CT molecular complexity index is 442. The second kappa shape index (κ2) is 25.5. The van der Waals surface area contributed by atoms with Crippen molar-refractivity contribution in [2.75, 3.05) is 13.2 Å². The lowest BCUT2D eigenvalue weighted by atomic mass is 10.1. The normalized spacial score (nSPS) is 12.1. The van der Waals surface area contributed by atoms with Crippen molar-refractivity contribution in [2.45, 2.75) is 155 Å². The molecular formula is C28H55NO4. The van der Waals surface area contributed by atoms with Gasteiger partial charge in [0.1, 0.15) is 6.04 Å². The summed E-state index contributed by atoms with van der Waals surface area (Å²) in [7, 11) is 0. The van der Waals surface area contributed by atoms with Gasteiger partial charge in [0.05, 0.1) is 13.0 Å². The summed E-state index contributed by atoms with van der Waals surface area (Å²) in [5.74, 6) is -1.38. The maximum atomic E-state index is 12.0. The number of rotatable bonds is 26. The van der Waals surface area contributed by atoms with Crippen LogP contribution in [0.3, 0.4) is 0 Å². The third-order valence-corrected chi connectivity index (χ3v) is 6.35. The van der Waals surface area contributed by atoms with Gasteiger partial charge in [-0.05, 0) is 19.4 Å². The van der Waals surface area contributed by atoms with Crippen LogP contribution < -0.4 is 5.32 Å². The van der Waals surface area contributed by atoms with E-state index in [1.807, 2.05) is 0 Å². The van der Waals surface area contributed by atoms with Crippen LogP contribution >= 0.6 is 0 Å². The summed E-state index contributed by atoms with van der Waals surface area (Å²) in [6.45, 7) is 5.52. The molecule has 5 nitrogen and oxygen atoms in total. The predicted octanol–water partition coefficient (Wildman–Crippen LogP) is 7.80. The smallest absolute Gasteiger partial charge is 0.321 e. The fraction of sp³-hybridized carbons (Fsp3) is 0.929. The quantitative estimate of drug-likeness (QED) is 0.0998. The average Bonchev–Trinajstić information content (AvgIpc) is 2.80. The Balaban J connectivity index is 3.59. The van der Waals surface area contributed by atoms with E-state index in [4.69, 9.17) is 4.74 Å². The highest BCUT2D eigenvalue weighted by Crippen LogP contribution is 2.12. The molecule has 0 rings (SSSR count). The molecule has 0 saturated heterocycles. The van der Waals surface area contributed by atoms with Gasteiger partial charge in [-0.25, -0.2) is 0 Å². The van der Waals surface area contributed by atoms with Crippen LogP contribution in [0.1, 0.15) is 149 Å². The Morgan fingerprint density at radius 3 is 1.45 bits per heavy atom. The molecule has 0 heterocycles. The van der Waals surface area contributed by atoms with Crippen LogP contribution in [0.5, 0.6) is 0 Å². The van der Waals surface area contributed by atoms with E-state index in [1.165, 1.54) is 103 Å². The van der Waals surface area contributed by atoms with Gasteiger partial charge in [-0.3, -0.25) is 9.59 Å². The van der Waals surface area contributed by atoms with Gasteiger partial charge in [0.25, 0.3) is 0 Å². The van der Waals surface area contributed by atoms with E-state index >= 15 is 0 Å². The van der Waals surface area contributed by atoms with Crippen molar-refractivity contribution in [3.05, 3.63) is 0 Å². The molecule has 0 radical (unpaired) electrons. The Morgan fingerprint density at radius 1 is 0.636 bits per heavy atom. The fourth-order valence-corrected chi connectivity index (χ4v) is 4.14. The number of hydrogen-bond donors (Lipinski definition) is 2. The Hall–Kier alpha value is -1.10. The zero-order valence-electron chi connectivity index (χ0n) is 22.0. The molecule has 0 aliphatic heterocycles. The molecule has 0 bridgehead atoms. The summed E-state index contributed by atoms with van der Waals surface area (Å²) in [4.78, 5) is 23.4. The molecule has 33 heavy (non-hydrogen) atoms. The van der Waals surface area contributed by atoms with Crippen LogP contribution in [-0.4, -0.2) is 36.2 Å². The Labute approximate surface area is 204 Å². The first-order chi connectivity index (χ1) is 16.1. The zero-order chi connectivity index (χ0) is 24.4. The highest BCUT2D eigenvalue weighted by atomic mass is 16.5. The van der Waals surface area contributed by atoms with Crippen molar-refractivity contribution in [2.24, 2.45) is 0 Å². The number of carboxylic acids is 1. The van der Waals surface area contributed by atoms with Crippen LogP contribution in [0.2, 0.25) is 0 Å². The average molecular weight is 470 g/mol. The number of hydrogen-bond acceptors (Lipinski definition) is 4. The van der Waals surface area contributed by atoms with Gasteiger partial charge >= 0.3 is 11.9 Å². The van der Waals surface area contributed by atoms with Gasteiger partial charge < -0.3 is 15.2 Å². The third-order valence-electron chi connectivity index (χ3n) is 6.35. The summed E-state index contributed by atoms with van der Waals surface area (Å²) in [6, 6.07) is -0.844. The maximum absolute atomic E-state index is 12.0. The molecule has 0 aliphatic rings. The van der Waals surface area contributed by atoms with Crippen LogP contribution in [0.25, 0.3) is 0 Å². The van der Waals surface area contributed by atoms with Crippen molar-refractivity contribution in [1.29, 1.82) is 0 Å². The summed E-state index contributed by atoms with van der Waals surface area (Å²) >= 11 is 0. The van der Waals surface area contributed by atoms with Crippen molar-refractivity contribution >= 4 is 11.9 Å². The molecule has 0 aliphatic carbocycles. The third kappa shape index (κ3) is 23.8. The minimum absolute atomic E-state index is 0.0925. The number of carbonyl (C=O) groups excluding carboxylic acids is 1. The van der Waals surface area contributed by atoms with Crippen molar-refractivity contribution in [1.82, 2.24) is 5.32 Å². The molecule has 0 aromatic rings. The lowest BCUT2D eigenvalue weighted by Gasteiger charge is -2.14. The van der Waals surface area contributed by atoms with E-state index < -0.39 is 18.0 Å². The van der Waals surface area contributed by atoms with Gasteiger partial charge in [-0.2, -0.15) is 0 Å². The molecule has 1 atom stereocenters. The largest absolute Gasteiger partial charge is 0.480 e. The molecule has 0 fully saturated rings. The number of aliphatic carboxylic acids is 1. The number of carboxylic acid groups (broad SMARTS) is 1. The van der Waals surface area contributed by atoms with E-state index in [0.717, 1.165) is 25.7 Å². The Morgan fingerprint density at radius 2 is 1.03 bits per heavy atom. The highest BCUT2D eigenvalue weighted by molar-refractivity contribution is 5.81. The number of nitrogens with one attached hydrogen (secondary N) is 1. The molecule has 0 saturated carbocycles. The summed E-state index contributed by atoms with van der Waals surface area (Å²) in [6.07, 6.45) is 24.8. The van der Waals surface area contributed by atoms with Crippen LogP contribution in [-0.2, 0) is 14.3 Å². The van der Waals surface area contributed by atoms with E-state index in [9.17, 15) is 14.7 Å². The van der Waals surface area contributed by atoms with E-state index in [-0.39, 0.29) is 6.42 Å². The monoisotopic (exact) mass is 469 g/mol. The van der Waals surface area contributed by atoms with Crippen molar-refractivity contribution in [3.8, 4) is 0 Å². The van der Waals surface area contributed by atoms with E-state index in [1.54, 1.807) is 0 Å². The molecule has 0 amide bonds. The predicted molar refractivity (Wildman–Crippen MR) is 139 cm³/mol. The van der Waals surface area contributed by atoms with Crippen molar-refractivity contribution in [3.63, 3.8) is 0 Å². The first-order valence-electron chi connectivity index (χ1n) is 14.2. The molecule has 5 heteroatoms. The minimum atomic E-state index is -0.974. The zero-order valence-corrected chi connectivity index (χ0v) is 22.0. The number of esters is 1. The molecule has 196 valence electrons. The maximum Gasteiger partial charge on any atom is 0.321 e. The first kappa shape index (κ1) is 31.9. The topological polar surface area (TPSA) is 75.6 Å². The number of carbonyl (C=O) groups is 2. The van der Waals surface area contributed by atoms with Gasteiger partial charge in [0.15, 0.2) is 0 Å². The molecular weight excluding hydrogens is 414 g/mol. The summed E-state index contributed by atoms with van der Waals surface area (Å²) in [5.41, 5.74) is 0. The number of unbranched alkanes of at least 4 members (excludes halogenated alkanes) is 18. The molecule has 0 aromatic carbocycles. The standard InChI is InChI=1S/C28H55NO4/c1-3-5-7-9-11-13-14-16-18-20-22-24-33-27(30)25-26(28(31)32)29-23-21-19-17-15-12-10-8-6-4-2/h26,29H,3-25H2,1-2H3,(H,31,32).